The molecule has 0 aromatic heterocycles. The molecular weight excluding hydrogens is 214 g/mol. The summed E-state index contributed by atoms with van der Waals surface area (Å²) in [6.45, 7) is 8.47. The summed E-state index contributed by atoms with van der Waals surface area (Å²) in [5.41, 5.74) is 2.57. The third-order valence-corrected chi connectivity index (χ3v) is 1.99. The monoisotopic (exact) mass is 233 g/mol. The molecule has 0 aliphatic rings. The Hall–Kier alpha value is -1.73. The van der Waals surface area contributed by atoms with E-state index in [1.165, 1.54) is 11.1 Å². The average Bonchev–Trinajstić information content (AvgIpc) is 2.27. The molecule has 3 heteroatoms. The Balaban J connectivity index is 0.000000770. The number of rotatable bonds is 2. The second-order valence-electron chi connectivity index (χ2n) is 4.61. The number of carbonyl (C=O) groups excluding carboxylic acids is 2. The molecule has 0 fully saturated rings. The Kier molecular flexibility index (Phi) is 6.76. The van der Waals surface area contributed by atoms with Gasteiger partial charge in [-0.2, -0.15) is 9.59 Å². The summed E-state index contributed by atoms with van der Waals surface area (Å²) in [4.78, 5) is 20.7. The number of benzene rings is 1. The maximum atomic E-state index is 8.12. The lowest BCUT2D eigenvalue weighted by Crippen LogP contribution is -2.09. The predicted octanol–water partition coefficient (Wildman–Crippen LogP) is 2.88. The first-order chi connectivity index (χ1) is 7.92. The minimum atomic E-state index is 0.0173. The van der Waals surface area contributed by atoms with Crippen molar-refractivity contribution in [1.29, 1.82) is 0 Å². The molecule has 1 rings (SSSR count). The van der Waals surface area contributed by atoms with Gasteiger partial charge in [0, 0.05) is 6.21 Å². The van der Waals surface area contributed by atoms with Gasteiger partial charge in [-0.1, -0.05) is 31.2 Å². The molecule has 1 aromatic rings. The Labute approximate surface area is 103 Å². The zero-order chi connectivity index (χ0) is 13.3. The highest BCUT2D eigenvalue weighted by molar-refractivity contribution is 5.79. The molecule has 17 heavy (non-hydrogen) atoms. The van der Waals surface area contributed by atoms with Crippen LogP contribution >= 0.6 is 0 Å². The Morgan fingerprint density at radius 2 is 1.65 bits per heavy atom. The molecule has 0 N–H and O–H groups in total. The zero-order valence-corrected chi connectivity index (χ0v) is 10.9. The molecule has 0 amide bonds. The lowest BCUT2D eigenvalue weighted by Gasteiger charge is -2.10. The van der Waals surface area contributed by atoms with E-state index >= 15 is 0 Å². The highest BCUT2D eigenvalue weighted by Crippen LogP contribution is 2.08. The van der Waals surface area contributed by atoms with Crippen molar-refractivity contribution in [2.45, 2.75) is 39.7 Å². The number of hydrogen-bond acceptors (Lipinski definition) is 3. The van der Waals surface area contributed by atoms with E-state index in [0.29, 0.717) is 0 Å². The van der Waals surface area contributed by atoms with Crippen LogP contribution in [0.1, 0.15) is 38.8 Å². The SMILES string of the molecule is CCc1ccc(C=NC(C)(C)C)cc1.O=C=O. The maximum Gasteiger partial charge on any atom is 0.373 e. The summed E-state index contributed by atoms with van der Waals surface area (Å²) >= 11 is 0. The molecule has 0 bridgehead atoms. The minimum absolute atomic E-state index is 0.0173. The van der Waals surface area contributed by atoms with Crippen molar-refractivity contribution in [3.63, 3.8) is 0 Å². The smallest absolute Gasteiger partial charge is 0.287 e. The highest BCUT2D eigenvalue weighted by Gasteiger charge is 2.04. The van der Waals surface area contributed by atoms with E-state index in [-0.39, 0.29) is 11.7 Å². The molecular formula is C14H19NO2. The van der Waals surface area contributed by atoms with Crippen LogP contribution < -0.4 is 0 Å². The standard InChI is InChI=1S/C13H19N.CO2/c1-5-11-6-8-12(9-7-11)10-14-13(2,3)4;2-1-3/h6-10H,5H2,1-4H3;. The topological polar surface area (TPSA) is 46.5 Å². The predicted molar refractivity (Wildman–Crippen MR) is 68.2 cm³/mol. The van der Waals surface area contributed by atoms with Gasteiger partial charge in [0.15, 0.2) is 0 Å². The summed E-state index contributed by atoms with van der Waals surface area (Å²) in [6.07, 6.45) is 3.29. The van der Waals surface area contributed by atoms with Crippen molar-refractivity contribution in [3.05, 3.63) is 35.4 Å². The molecule has 0 spiro atoms. The van der Waals surface area contributed by atoms with Crippen molar-refractivity contribution in [2.24, 2.45) is 4.99 Å². The van der Waals surface area contributed by atoms with E-state index in [4.69, 9.17) is 9.59 Å². The molecule has 0 saturated carbocycles. The molecule has 0 radical (unpaired) electrons. The Morgan fingerprint density at radius 3 is 2.00 bits per heavy atom. The van der Waals surface area contributed by atoms with Crippen LogP contribution in [0.3, 0.4) is 0 Å². The van der Waals surface area contributed by atoms with E-state index < -0.39 is 0 Å². The van der Waals surface area contributed by atoms with Crippen LogP contribution in [0.2, 0.25) is 0 Å². The highest BCUT2D eigenvalue weighted by atomic mass is 16.2. The Morgan fingerprint density at radius 1 is 1.18 bits per heavy atom. The van der Waals surface area contributed by atoms with Gasteiger partial charge in [-0.3, -0.25) is 4.99 Å². The van der Waals surface area contributed by atoms with Crippen LogP contribution in [-0.4, -0.2) is 17.9 Å². The fourth-order valence-corrected chi connectivity index (χ4v) is 1.11. The van der Waals surface area contributed by atoms with E-state index in [2.05, 4.69) is 57.0 Å². The van der Waals surface area contributed by atoms with Gasteiger partial charge in [-0.25, -0.2) is 0 Å². The summed E-state index contributed by atoms with van der Waals surface area (Å²) in [7, 11) is 0. The third kappa shape index (κ3) is 8.12. The molecule has 0 heterocycles. The van der Waals surface area contributed by atoms with Crippen LogP contribution in [-0.2, 0) is 16.0 Å². The second kappa shape index (κ2) is 7.53. The lowest BCUT2D eigenvalue weighted by molar-refractivity contribution is -0.191. The fourth-order valence-electron chi connectivity index (χ4n) is 1.11. The van der Waals surface area contributed by atoms with Crippen LogP contribution in [0.5, 0.6) is 0 Å². The van der Waals surface area contributed by atoms with Gasteiger partial charge in [0.1, 0.15) is 0 Å². The van der Waals surface area contributed by atoms with E-state index in [9.17, 15) is 0 Å². The molecule has 0 saturated heterocycles. The normalized spacial score (nSPS) is 10.6. The quantitative estimate of drug-likeness (QED) is 0.737. The molecule has 1 aromatic carbocycles. The summed E-state index contributed by atoms with van der Waals surface area (Å²) in [6, 6.07) is 8.55. The summed E-state index contributed by atoms with van der Waals surface area (Å²) < 4.78 is 0. The van der Waals surface area contributed by atoms with E-state index in [1.807, 2.05) is 6.21 Å². The lowest BCUT2D eigenvalue weighted by atomic mass is 10.1. The second-order valence-corrected chi connectivity index (χ2v) is 4.61. The van der Waals surface area contributed by atoms with Crippen molar-refractivity contribution in [2.75, 3.05) is 0 Å². The van der Waals surface area contributed by atoms with Crippen molar-refractivity contribution in [3.8, 4) is 0 Å². The van der Waals surface area contributed by atoms with Gasteiger partial charge in [0.05, 0.1) is 5.54 Å². The van der Waals surface area contributed by atoms with Crippen LogP contribution in [0.4, 0.5) is 0 Å². The third-order valence-electron chi connectivity index (χ3n) is 1.99. The van der Waals surface area contributed by atoms with Gasteiger partial charge in [-0.05, 0) is 38.3 Å². The van der Waals surface area contributed by atoms with Crippen molar-refractivity contribution in [1.82, 2.24) is 0 Å². The molecule has 0 aliphatic carbocycles. The molecule has 92 valence electrons. The van der Waals surface area contributed by atoms with Gasteiger partial charge < -0.3 is 0 Å². The van der Waals surface area contributed by atoms with E-state index in [1.54, 1.807) is 0 Å². The minimum Gasteiger partial charge on any atom is -0.287 e. The molecule has 0 aliphatic heterocycles. The van der Waals surface area contributed by atoms with Crippen LogP contribution in [0, 0.1) is 0 Å². The van der Waals surface area contributed by atoms with Crippen LogP contribution in [0.15, 0.2) is 29.3 Å². The largest absolute Gasteiger partial charge is 0.373 e. The number of aryl methyl sites for hydroxylation is 1. The fraction of sp³-hybridized carbons (Fsp3) is 0.429. The molecule has 0 atom stereocenters. The molecule has 0 unspecified atom stereocenters. The maximum absolute atomic E-state index is 8.12. The van der Waals surface area contributed by atoms with E-state index in [0.717, 1.165) is 6.42 Å². The number of nitrogens with zero attached hydrogens (tertiary/aromatic N) is 1. The number of aliphatic imine (C=N–C) groups is 1. The van der Waals surface area contributed by atoms with Gasteiger partial charge in [0.25, 0.3) is 0 Å². The first kappa shape index (κ1) is 15.3. The van der Waals surface area contributed by atoms with Gasteiger partial charge in [-0.15, -0.1) is 0 Å². The number of hydrogen-bond donors (Lipinski definition) is 0. The Bertz CT molecular complexity index is 380. The van der Waals surface area contributed by atoms with Crippen LogP contribution in [0.25, 0.3) is 0 Å². The van der Waals surface area contributed by atoms with Crippen molar-refractivity contribution >= 4 is 12.4 Å². The average molecular weight is 233 g/mol. The van der Waals surface area contributed by atoms with Gasteiger partial charge >= 0.3 is 6.15 Å². The van der Waals surface area contributed by atoms with Gasteiger partial charge in [0.2, 0.25) is 0 Å². The van der Waals surface area contributed by atoms with Crippen molar-refractivity contribution < 1.29 is 9.59 Å². The first-order valence-electron chi connectivity index (χ1n) is 5.56. The summed E-state index contributed by atoms with van der Waals surface area (Å²) in [5, 5.41) is 0. The summed E-state index contributed by atoms with van der Waals surface area (Å²) in [5.74, 6) is 0. The zero-order valence-electron chi connectivity index (χ0n) is 10.9. The molecule has 3 nitrogen and oxygen atoms in total. The first-order valence-corrected chi connectivity index (χ1v) is 5.56.